The van der Waals surface area contributed by atoms with Crippen LogP contribution in [0.2, 0.25) is 0 Å². The molecule has 3 aromatic rings. The zero-order valence-electron chi connectivity index (χ0n) is 18.9. The quantitative estimate of drug-likeness (QED) is 0.559. The van der Waals surface area contributed by atoms with Crippen molar-refractivity contribution in [3.8, 4) is 0 Å². The van der Waals surface area contributed by atoms with E-state index in [0.29, 0.717) is 42.2 Å². The highest BCUT2D eigenvalue weighted by molar-refractivity contribution is 7.12. The molecule has 2 aromatic carbocycles. The Kier molecular flexibility index (Phi) is 6.08. The lowest BCUT2D eigenvalue weighted by Gasteiger charge is -2.35. The van der Waals surface area contributed by atoms with Crippen molar-refractivity contribution >= 4 is 35.1 Å². The molecular formula is C26H24N4O4S. The molecule has 0 radical (unpaired) electrons. The number of rotatable bonds is 5. The van der Waals surface area contributed by atoms with Crippen LogP contribution in [-0.4, -0.2) is 71.2 Å². The molecule has 0 spiro atoms. The van der Waals surface area contributed by atoms with Crippen LogP contribution in [0.5, 0.6) is 0 Å². The van der Waals surface area contributed by atoms with Gasteiger partial charge in [0.15, 0.2) is 5.54 Å². The maximum atomic E-state index is 13.7. The van der Waals surface area contributed by atoms with Gasteiger partial charge in [-0.3, -0.25) is 19.3 Å². The van der Waals surface area contributed by atoms with Gasteiger partial charge in [0.1, 0.15) is 6.54 Å². The van der Waals surface area contributed by atoms with Crippen LogP contribution in [0, 0.1) is 0 Å². The SMILES string of the molecule is O=C(CN1C(=O)NC(c2ccccc2)(c2ccccc2)C1=O)N1CCN(C(=O)c2cccs2)CC1. The molecule has 2 aliphatic heterocycles. The molecule has 1 N–H and O–H groups in total. The number of piperazine rings is 1. The number of amides is 5. The van der Waals surface area contributed by atoms with Crippen LogP contribution in [0.15, 0.2) is 78.2 Å². The second kappa shape index (κ2) is 9.34. The molecule has 2 fully saturated rings. The van der Waals surface area contributed by atoms with Crippen LogP contribution in [0.3, 0.4) is 0 Å². The summed E-state index contributed by atoms with van der Waals surface area (Å²) in [5.41, 5.74) is -0.147. The fraction of sp³-hybridized carbons (Fsp3) is 0.231. The van der Waals surface area contributed by atoms with Gasteiger partial charge in [0.2, 0.25) is 5.91 Å². The number of thiophene rings is 1. The normalized spacial score (nSPS) is 17.4. The van der Waals surface area contributed by atoms with E-state index in [-0.39, 0.29) is 18.4 Å². The monoisotopic (exact) mass is 488 g/mol. The molecule has 0 saturated carbocycles. The van der Waals surface area contributed by atoms with Crippen LogP contribution in [0.4, 0.5) is 4.79 Å². The first-order chi connectivity index (χ1) is 17.0. The molecule has 5 amide bonds. The third-order valence-electron chi connectivity index (χ3n) is 6.46. The predicted molar refractivity (Wildman–Crippen MR) is 131 cm³/mol. The zero-order chi connectivity index (χ0) is 24.4. The van der Waals surface area contributed by atoms with Crippen molar-refractivity contribution < 1.29 is 19.2 Å². The van der Waals surface area contributed by atoms with E-state index in [0.717, 1.165) is 4.90 Å². The maximum Gasteiger partial charge on any atom is 0.326 e. The van der Waals surface area contributed by atoms with E-state index in [4.69, 9.17) is 0 Å². The van der Waals surface area contributed by atoms with Crippen molar-refractivity contribution in [3.05, 3.63) is 94.2 Å². The predicted octanol–water partition coefficient (Wildman–Crippen LogP) is 2.53. The molecule has 5 rings (SSSR count). The van der Waals surface area contributed by atoms with E-state index in [1.165, 1.54) is 11.3 Å². The van der Waals surface area contributed by atoms with Gasteiger partial charge in [-0.2, -0.15) is 0 Å². The van der Waals surface area contributed by atoms with Gasteiger partial charge in [-0.25, -0.2) is 4.79 Å². The number of benzene rings is 2. The molecule has 35 heavy (non-hydrogen) atoms. The minimum absolute atomic E-state index is 0.0447. The fourth-order valence-electron chi connectivity index (χ4n) is 4.60. The van der Waals surface area contributed by atoms with Gasteiger partial charge in [0.25, 0.3) is 11.8 Å². The average Bonchev–Trinajstić information content (AvgIpc) is 3.53. The third kappa shape index (κ3) is 4.08. The lowest BCUT2D eigenvalue weighted by atomic mass is 9.82. The number of imide groups is 1. The van der Waals surface area contributed by atoms with Gasteiger partial charge in [-0.05, 0) is 22.6 Å². The molecule has 8 nitrogen and oxygen atoms in total. The highest BCUT2D eigenvalue weighted by atomic mass is 32.1. The number of carbonyl (C=O) groups is 4. The second-order valence-corrected chi connectivity index (χ2v) is 9.40. The highest BCUT2D eigenvalue weighted by Crippen LogP contribution is 2.36. The van der Waals surface area contributed by atoms with E-state index in [1.807, 2.05) is 47.8 Å². The van der Waals surface area contributed by atoms with Crippen molar-refractivity contribution in [3.63, 3.8) is 0 Å². The first kappa shape index (κ1) is 22.8. The largest absolute Gasteiger partial charge is 0.338 e. The summed E-state index contributed by atoms with van der Waals surface area (Å²) in [6, 6.07) is 21.1. The standard InChI is InChI=1S/C26H24N4O4S/c31-22(28-13-15-29(16-14-28)23(32)21-12-7-17-35-21)18-30-24(33)26(27-25(30)34,19-8-3-1-4-9-19)20-10-5-2-6-11-20/h1-12,17H,13-16,18H2,(H,27,34). The minimum atomic E-state index is -1.40. The number of carbonyl (C=O) groups excluding carboxylic acids is 4. The summed E-state index contributed by atoms with van der Waals surface area (Å²) in [6.07, 6.45) is 0. The second-order valence-electron chi connectivity index (χ2n) is 8.45. The molecule has 9 heteroatoms. The molecular weight excluding hydrogens is 464 g/mol. The van der Waals surface area contributed by atoms with E-state index < -0.39 is 17.5 Å². The third-order valence-corrected chi connectivity index (χ3v) is 7.32. The molecule has 0 unspecified atom stereocenters. The fourth-order valence-corrected chi connectivity index (χ4v) is 5.29. The van der Waals surface area contributed by atoms with Crippen molar-refractivity contribution in [1.82, 2.24) is 20.0 Å². The summed E-state index contributed by atoms with van der Waals surface area (Å²) in [6.45, 7) is 1.15. The smallest absolute Gasteiger partial charge is 0.326 e. The van der Waals surface area contributed by atoms with Gasteiger partial charge in [-0.15, -0.1) is 11.3 Å². The molecule has 2 saturated heterocycles. The van der Waals surface area contributed by atoms with Crippen LogP contribution < -0.4 is 5.32 Å². The van der Waals surface area contributed by atoms with Crippen LogP contribution >= 0.6 is 11.3 Å². The zero-order valence-corrected chi connectivity index (χ0v) is 19.7. The first-order valence-corrected chi connectivity index (χ1v) is 12.2. The van der Waals surface area contributed by atoms with E-state index >= 15 is 0 Å². The number of nitrogens with one attached hydrogen (secondary N) is 1. The van der Waals surface area contributed by atoms with Gasteiger partial charge in [0, 0.05) is 26.2 Å². The molecule has 2 aliphatic rings. The van der Waals surface area contributed by atoms with Crippen molar-refractivity contribution in [2.75, 3.05) is 32.7 Å². The van der Waals surface area contributed by atoms with Crippen LogP contribution in [0.25, 0.3) is 0 Å². The Bertz CT molecular complexity index is 1200. The number of urea groups is 1. The highest BCUT2D eigenvalue weighted by Gasteiger charge is 2.54. The topological polar surface area (TPSA) is 90.0 Å². The Hall–Kier alpha value is -3.98. The Morgan fingerprint density at radius 2 is 1.37 bits per heavy atom. The lowest BCUT2D eigenvalue weighted by molar-refractivity contribution is -0.139. The summed E-state index contributed by atoms with van der Waals surface area (Å²) in [5.74, 6) is -0.856. The van der Waals surface area contributed by atoms with Crippen molar-refractivity contribution in [2.24, 2.45) is 0 Å². The first-order valence-electron chi connectivity index (χ1n) is 11.4. The van der Waals surface area contributed by atoms with Crippen LogP contribution in [0.1, 0.15) is 20.8 Å². The molecule has 0 aliphatic carbocycles. The van der Waals surface area contributed by atoms with Crippen molar-refractivity contribution in [1.29, 1.82) is 0 Å². The molecule has 178 valence electrons. The molecule has 3 heterocycles. The summed E-state index contributed by atoms with van der Waals surface area (Å²) in [4.78, 5) is 57.4. The number of nitrogens with zero attached hydrogens (tertiary/aromatic N) is 3. The number of hydrogen-bond acceptors (Lipinski definition) is 5. The summed E-state index contributed by atoms with van der Waals surface area (Å²) >= 11 is 1.39. The Balaban J connectivity index is 1.31. The summed E-state index contributed by atoms with van der Waals surface area (Å²) < 4.78 is 0. The van der Waals surface area contributed by atoms with Gasteiger partial charge in [0.05, 0.1) is 4.88 Å². The molecule has 0 atom stereocenters. The van der Waals surface area contributed by atoms with Crippen LogP contribution in [-0.2, 0) is 15.1 Å². The van der Waals surface area contributed by atoms with E-state index in [2.05, 4.69) is 5.32 Å². The lowest BCUT2D eigenvalue weighted by Crippen LogP contribution is -2.53. The Labute approximate surface area is 206 Å². The Morgan fingerprint density at radius 1 is 0.800 bits per heavy atom. The Morgan fingerprint density at radius 3 is 1.91 bits per heavy atom. The molecule has 1 aromatic heterocycles. The maximum absolute atomic E-state index is 13.7. The van der Waals surface area contributed by atoms with Crippen molar-refractivity contribution in [2.45, 2.75) is 5.54 Å². The average molecular weight is 489 g/mol. The number of hydrogen-bond donors (Lipinski definition) is 1. The summed E-state index contributed by atoms with van der Waals surface area (Å²) in [7, 11) is 0. The summed E-state index contributed by atoms with van der Waals surface area (Å²) in [5, 5.41) is 4.72. The molecule has 0 bridgehead atoms. The van der Waals surface area contributed by atoms with E-state index in [9.17, 15) is 19.2 Å². The van der Waals surface area contributed by atoms with Gasteiger partial charge < -0.3 is 15.1 Å². The van der Waals surface area contributed by atoms with Gasteiger partial charge >= 0.3 is 6.03 Å². The van der Waals surface area contributed by atoms with E-state index in [1.54, 1.807) is 40.1 Å². The van der Waals surface area contributed by atoms with Gasteiger partial charge in [-0.1, -0.05) is 66.7 Å². The minimum Gasteiger partial charge on any atom is -0.338 e.